The van der Waals surface area contributed by atoms with Gasteiger partial charge in [0.1, 0.15) is 18.1 Å². The fourth-order valence-electron chi connectivity index (χ4n) is 3.87. The minimum Gasteiger partial charge on any atom is -0.234 e. The molecule has 0 aliphatic carbocycles. The summed E-state index contributed by atoms with van der Waals surface area (Å²) in [5.74, 6) is 1.47. The maximum Gasteiger partial charge on any atom is 0.261 e. The average Bonchev–Trinajstić information content (AvgIpc) is 3.10. The number of imidazole rings is 1. The highest BCUT2D eigenvalue weighted by Gasteiger charge is 2.17. The highest BCUT2D eigenvalue weighted by atomic mass is 15.1. The molecule has 2 rings (SSSR count). The van der Waals surface area contributed by atoms with Gasteiger partial charge in [-0.05, 0) is 31.4 Å². The summed E-state index contributed by atoms with van der Waals surface area (Å²) in [6.45, 7) is 5.73. The first-order valence-electron chi connectivity index (χ1n) is 11.5. The van der Waals surface area contributed by atoms with Gasteiger partial charge in [0.05, 0.1) is 6.54 Å². The first kappa shape index (κ1) is 21.7. The van der Waals surface area contributed by atoms with Gasteiger partial charge in [-0.1, -0.05) is 89.8 Å². The van der Waals surface area contributed by atoms with Crippen LogP contribution in [0.1, 0.15) is 96.7 Å². The number of rotatable bonds is 15. The molecule has 27 heavy (non-hydrogen) atoms. The lowest BCUT2D eigenvalue weighted by atomic mass is 10.1. The van der Waals surface area contributed by atoms with E-state index in [-0.39, 0.29) is 0 Å². The molecular weight excluding hydrogens is 328 g/mol. The number of aryl methyl sites for hydroxylation is 1. The van der Waals surface area contributed by atoms with Crippen LogP contribution in [0.3, 0.4) is 0 Å². The van der Waals surface area contributed by atoms with Crippen LogP contribution in [-0.4, -0.2) is 4.57 Å². The molecule has 0 atom stereocenters. The average molecular weight is 370 g/mol. The Morgan fingerprint density at radius 3 is 1.96 bits per heavy atom. The Hall–Kier alpha value is -1.57. The van der Waals surface area contributed by atoms with E-state index in [9.17, 15) is 0 Å². The topological polar surface area (TPSA) is 8.81 Å². The molecule has 0 spiro atoms. The molecule has 0 N–H and O–H groups in total. The van der Waals surface area contributed by atoms with Gasteiger partial charge in [0, 0.05) is 6.42 Å². The van der Waals surface area contributed by atoms with E-state index in [0.717, 1.165) is 6.54 Å². The predicted octanol–water partition coefficient (Wildman–Crippen LogP) is 7.03. The number of aromatic nitrogens is 2. The standard InChI is InChI=1S/C25H41N2/c1-3-5-7-8-9-10-11-12-16-20-25-26(21-17-6-4-2)22-23-27(25)24-18-14-13-15-19-24/h13-15,18-19,22-23H,3-12,16-17,20-21H2,1-2H3/q+1. The van der Waals surface area contributed by atoms with Gasteiger partial charge >= 0.3 is 0 Å². The molecule has 1 aromatic carbocycles. The molecule has 0 saturated heterocycles. The summed E-state index contributed by atoms with van der Waals surface area (Å²) in [5.41, 5.74) is 1.29. The van der Waals surface area contributed by atoms with E-state index in [1.54, 1.807) is 0 Å². The first-order valence-corrected chi connectivity index (χ1v) is 11.5. The van der Waals surface area contributed by atoms with E-state index in [0.29, 0.717) is 0 Å². The summed E-state index contributed by atoms with van der Waals surface area (Å²) in [6.07, 6.45) is 22.1. The molecule has 1 heterocycles. The van der Waals surface area contributed by atoms with Crippen LogP contribution in [-0.2, 0) is 13.0 Å². The summed E-state index contributed by atoms with van der Waals surface area (Å²) in [6, 6.07) is 10.8. The molecule has 0 fully saturated rings. The summed E-state index contributed by atoms with van der Waals surface area (Å²) in [5, 5.41) is 0. The van der Waals surface area contributed by atoms with Gasteiger partial charge in [-0.3, -0.25) is 0 Å². The van der Waals surface area contributed by atoms with E-state index in [1.807, 2.05) is 0 Å². The number of para-hydroxylation sites is 1. The van der Waals surface area contributed by atoms with Crippen molar-refractivity contribution in [1.82, 2.24) is 4.57 Å². The number of hydrogen-bond acceptors (Lipinski definition) is 0. The Morgan fingerprint density at radius 1 is 0.704 bits per heavy atom. The molecule has 0 amide bonds. The van der Waals surface area contributed by atoms with E-state index >= 15 is 0 Å². The van der Waals surface area contributed by atoms with Crippen LogP contribution >= 0.6 is 0 Å². The third-order valence-electron chi connectivity index (χ3n) is 5.55. The zero-order chi connectivity index (χ0) is 19.2. The van der Waals surface area contributed by atoms with E-state index < -0.39 is 0 Å². The van der Waals surface area contributed by atoms with E-state index in [4.69, 9.17) is 0 Å². The second kappa shape index (κ2) is 13.6. The normalized spacial score (nSPS) is 11.2. The predicted molar refractivity (Wildman–Crippen MR) is 116 cm³/mol. The Labute approximate surface area is 167 Å². The van der Waals surface area contributed by atoms with Crippen molar-refractivity contribution in [2.45, 2.75) is 104 Å². The molecule has 2 heteroatoms. The van der Waals surface area contributed by atoms with Crippen molar-refractivity contribution in [2.24, 2.45) is 0 Å². The number of hydrogen-bond donors (Lipinski definition) is 0. The van der Waals surface area contributed by atoms with Crippen molar-refractivity contribution in [3.05, 3.63) is 48.5 Å². The van der Waals surface area contributed by atoms with Crippen LogP contribution < -0.4 is 4.57 Å². The van der Waals surface area contributed by atoms with Crippen molar-refractivity contribution in [2.75, 3.05) is 0 Å². The summed E-state index contributed by atoms with van der Waals surface area (Å²) in [4.78, 5) is 0. The summed E-state index contributed by atoms with van der Waals surface area (Å²) < 4.78 is 4.89. The molecule has 0 aliphatic heterocycles. The molecule has 0 unspecified atom stereocenters. The van der Waals surface area contributed by atoms with Crippen molar-refractivity contribution in [3.8, 4) is 5.69 Å². The lowest BCUT2D eigenvalue weighted by Gasteiger charge is -2.06. The molecule has 0 radical (unpaired) electrons. The Bertz CT molecular complexity index is 600. The van der Waals surface area contributed by atoms with Gasteiger partial charge in [0.25, 0.3) is 5.82 Å². The minimum atomic E-state index is 1.15. The SMILES string of the molecule is CCCCCCCCCCCc1n(-c2ccccc2)cc[n+]1CCCCC. The molecule has 0 saturated carbocycles. The van der Waals surface area contributed by atoms with Crippen molar-refractivity contribution >= 4 is 0 Å². The van der Waals surface area contributed by atoms with Gasteiger partial charge in [0.15, 0.2) is 0 Å². The summed E-state index contributed by atoms with van der Waals surface area (Å²) >= 11 is 0. The molecule has 150 valence electrons. The van der Waals surface area contributed by atoms with Crippen LogP contribution in [0.5, 0.6) is 0 Å². The van der Waals surface area contributed by atoms with Gasteiger partial charge in [0.2, 0.25) is 0 Å². The monoisotopic (exact) mass is 369 g/mol. The zero-order valence-corrected chi connectivity index (χ0v) is 17.8. The quantitative estimate of drug-likeness (QED) is 0.235. The second-order valence-electron chi connectivity index (χ2n) is 7.90. The van der Waals surface area contributed by atoms with Crippen molar-refractivity contribution in [1.29, 1.82) is 0 Å². The van der Waals surface area contributed by atoms with Gasteiger partial charge in [-0.25, -0.2) is 4.57 Å². The zero-order valence-electron chi connectivity index (χ0n) is 17.8. The smallest absolute Gasteiger partial charge is 0.234 e. The Balaban J connectivity index is 1.84. The fourth-order valence-corrected chi connectivity index (χ4v) is 3.87. The third kappa shape index (κ3) is 7.91. The van der Waals surface area contributed by atoms with Crippen molar-refractivity contribution in [3.63, 3.8) is 0 Å². The maximum absolute atomic E-state index is 2.49. The number of nitrogens with zero attached hydrogens (tertiary/aromatic N) is 2. The highest BCUT2D eigenvalue weighted by Crippen LogP contribution is 2.14. The number of unbranched alkanes of at least 4 members (excludes halogenated alkanes) is 10. The van der Waals surface area contributed by atoms with Crippen LogP contribution in [0.4, 0.5) is 0 Å². The maximum atomic E-state index is 2.49. The van der Waals surface area contributed by atoms with Crippen LogP contribution in [0, 0.1) is 0 Å². The van der Waals surface area contributed by atoms with Crippen molar-refractivity contribution < 1.29 is 4.57 Å². The van der Waals surface area contributed by atoms with Crippen LogP contribution in [0.15, 0.2) is 42.7 Å². The Morgan fingerprint density at radius 2 is 1.30 bits per heavy atom. The molecular formula is C25H41N2+. The summed E-state index contributed by atoms with van der Waals surface area (Å²) in [7, 11) is 0. The van der Waals surface area contributed by atoms with Gasteiger partial charge < -0.3 is 0 Å². The number of benzene rings is 1. The molecule has 1 aromatic heterocycles. The fraction of sp³-hybridized carbons (Fsp3) is 0.640. The second-order valence-corrected chi connectivity index (χ2v) is 7.90. The van der Waals surface area contributed by atoms with Gasteiger partial charge in [-0.15, -0.1) is 0 Å². The minimum absolute atomic E-state index is 1.15. The van der Waals surface area contributed by atoms with E-state index in [2.05, 4.69) is 65.7 Å². The highest BCUT2D eigenvalue weighted by molar-refractivity contribution is 5.31. The molecule has 2 nitrogen and oxygen atoms in total. The van der Waals surface area contributed by atoms with Crippen LogP contribution in [0.25, 0.3) is 5.69 Å². The largest absolute Gasteiger partial charge is 0.261 e. The molecule has 2 aromatic rings. The lowest BCUT2D eigenvalue weighted by Crippen LogP contribution is -2.37. The Kier molecular flexibility index (Phi) is 10.9. The third-order valence-corrected chi connectivity index (χ3v) is 5.55. The van der Waals surface area contributed by atoms with Crippen LogP contribution in [0.2, 0.25) is 0 Å². The molecule has 0 aliphatic rings. The first-order chi connectivity index (χ1) is 13.4. The molecule has 0 bridgehead atoms. The van der Waals surface area contributed by atoms with E-state index in [1.165, 1.54) is 95.0 Å². The van der Waals surface area contributed by atoms with Gasteiger partial charge in [-0.2, -0.15) is 4.57 Å². The lowest BCUT2D eigenvalue weighted by molar-refractivity contribution is -0.704.